The van der Waals surface area contributed by atoms with Crippen LogP contribution >= 0.6 is 0 Å². The highest BCUT2D eigenvalue weighted by atomic mass is 19.4. The van der Waals surface area contributed by atoms with Crippen LogP contribution in [0.25, 0.3) is 5.57 Å². The quantitative estimate of drug-likeness (QED) is 0.719. The minimum atomic E-state index is -4.46. The number of Topliss-reactive ketones (excluding diaryl/α,β-unsaturated/α-hetero) is 1. The van der Waals surface area contributed by atoms with Crippen LogP contribution in [0.3, 0.4) is 0 Å². The molecular formula is C22H18F3NO3. The smallest absolute Gasteiger partial charge is 0.416 e. The van der Waals surface area contributed by atoms with Gasteiger partial charge in [-0.05, 0) is 48.6 Å². The first-order valence-electron chi connectivity index (χ1n) is 9.34. The number of nitrogens with one attached hydrogen (secondary N) is 1. The van der Waals surface area contributed by atoms with Crippen LogP contribution in [0.5, 0.6) is 5.75 Å². The Kier molecular flexibility index (Phi) is 4.90. The number of hydrogen-bond acceptors (Lipinski definition) is 3. The SMILES string of the molecule is O=C(C=C1CCCOc2cc(C(F)(F)F)ccc21)Nc1cccc2c1CCC2=O. The topological polar surface area (TPSA) is 55.4 Å². The zero-order chi connectivity index (χ0) is 20.6. The minimum Gasteiger partial charge on any atom is -0.493 e. The zero-order valence-electron chi connectivity index (χ0n) is 15.4. The van der Waals surface area contributed by atoms with Crippen LogP contribution in [0.1, 0.15) is 46.3 Å². The molecular weight excluding hydrogens is 383 g/mol. The summed E-state index contributed by atoms with van der Waals surface area (Å²) in [7, 11) is 0. The lowest BCUT2D eigenvalue weighted by Gasteiger charge is -2.13. The zero-order valence-corrected chi connectivity index (χ0v) is 15.4. The molecule has 2 aromatic rings. The Morgan fingerprint density at radius 2 is 1.90 bits per heavy atom. The van der Waals surface area contributed by atoms with Crippen LogP contribution in [0.2, 0.25) is 0 Å². The van der Waals surface area contributed by atoms with E-state index in [0.717, 1.165) is 17.7 Å². The van der Waals surface area contributed by atoms with Gasteiger partial charge in [-0.25, -0.2) is 0 Å². The van der Waals surface area contributed by atoms with Crippen molar-refractivity contribution in [1.29, 1.82) is 0 Å². The summed E-state index contributed by atoms with van der Waals surface area (Å²) in [4.78, 5) is 24.5. The number of fused-ring (bicyclic) bond motifs is 2. The first kappa shape index (κ1) is 19.2. The molecule has 1 N–H and O–H groups in total. The largest absolute Gasteiger partial charge is 0.493 e. The monoisotopic (exact) mass is 401 g/mol. The summed E-state index contributed by atoms with van der Waals surface area (Å²) in [5.74, 6) is -0.201. The number of carbonyl (C=O) groups excluding carboxylic acids is 2. The Morgan fingerprint density at radius 1 is 1.07 bits per heavy atom. The van der Waals surface area contributed by atoms with E-state index in [1.807, 2.05) is 0 Å². The van der Waals surface area contributed by atoms with Crippen molar-refractivity contribution in [3.05, 3.63) is 64.7 Å². The molecule has 2 aliphatic rings. The van der Waals surface area contributed by atoms with Crippen LogP contribution in [-0.2, 0) is 17.4 Å². The highest BCUT2D eigenvalue weighted by Crippen LogP contribution is 2.38. The standard InChI is InChI=1S/C22H18F3NO3/c23-22(24,25)14-6-7-15-13(3-2-10-29-20(15)12-14)11-21(28)26-18-5-1-4-17-16(18)8-9-19(17)27/h1,4-7,11-12H,2-3,8-10H2,(H,26,28). The molecule has 1 amide bonds. The average Bonchev–Trinajstić information content (AvgIpc) is 2.94. The molecule has 7 heteroatoms. The second-order valence-electron chi connectivity index (χ2n) is 7.07. The molecule has 0 aromatic heterocycles. The van der Waals surface area contributed by atoms with Crippen LogP contribution < -0.4 is 10.1 Å². The van der Waals surface area contributed by atoms with E-state index in [1.54, 1.807) is 18.2 Å². The number of carbonyl (C=O) groups is 2. The molecule has 4 nitrogen and oxygen atoms in total. The highest BCUT2D eigenvalue weighted by Gasteiger charge is 2.32. The molecule has 0 saturated carbocycles. The maximum atomic E-state index is 13.0. The molecule has 0 atom stereocenters. The molecule has 0 unspecified atom stereocenters. The maximum absolute atomic E-state index is 13.0. The lowest BCUT2D eigenvalue weighted by atomic mass is 9.99. The molecule has 29 heavy (non-hydrogen) atoms. The molecule has 0 fully saturated rings. The second-order valence-corrected chi connectivity index (χ2v) is 7.07. The molecule has 0 radical (unpaired) electrons. The number of rotatable bonds is 2. The number of ketones is 1. The van der Waals surface area contributed by atoms with Crippen LogP contribution in [-0.4, -0.2) is 18.3 Å². The molecule has 1 heterocycles. The number of ether oxygens (including phenoxy) is 1. The van der Waals surface area contributed by atoms with Gasteiger partial charge in [-0.1, -0.05) is 18.2 Å². The van der Waals surface area contributed by atoms with Gasteiger partial charge in [0.15, 0.2) is 5.78 Å². The Bertz CT molecular complexity index is 1020. The summed E-state index contributed by atoms with van der Waals surface area (Å²) < 4.78 is 44.4. The van der Waals surface area contributed by atoms with Crippen molar-refractivity contribution in [2.75, 3.05) is 11.9 Å². The van der Waals surface area contributed by atoms with Crippen LogP contribution in [0, 0.1) is 0 Å². The van der Waals surface area contributed by atoms with Gasteiger partial charge in [-0.3, -0.25) is 9.59 Å². The van der Waals surface area contributed by atoms with Crippen molar-refractivity contribution in [2.24, 2.45) is 0 Å². The first-order valence-corrected chi connectivity index (χ1v) is 9.34. The number of hydrogen-bond donors (Lipinski definition) is 1. The van der Waals surface area contributed by atoms with Crippen molar-refractivity contribution in [3.8, 4) is 5.75 Å². The number of alkyl halides is 3. The summed E-state index contributed by atoms with van der Waals surface area (Å²) in [5, 5.41) is 2.81. The van der Waals surface area contributed by atoms with Gasteiger partial charge in [0.2, 0.25) is 5.91 Å². The normalized spacial score (nSPS) is 17.3. The van der Waals surface area contributed by atoms with Crippen molar-refractivity contribution in [3.63, 3.8) is 0 Å². The Morgan fingerprint density at radius 3 is 2.69 bits per heavy atom. The minimum absolute atomic E-state index is 0.0600. The molecule has 2 aromatic carbocycles. The van der Waals surface area contributed by atoms with Crippen molar-refractivity contribution < 1.29 is 27.5 Å². The number of amides is 1. The van der Waals surface area contributed by atoms with Crippen LogP contribution in [0.4, 0.5) is 18.9 Å². The van der Waals surface area contributed by atoms with Gasteiger partial charge in [-0.15, -0.1) is 0 Å². The Labute approximate surface area is 165 Å². The van der Waals surface area contributed by atoms with E-state index in [4.69, 9.17) is 4.74 Å². The van der Waals surface area contributed by atoms with E-state index in [2.05, 4.69) is 5.32 Å². The second kappa shape index (κ2) is 7.39. The van der Waals surface area contributed by atoms with E-state index in [-0.39, 0.29) is 24.0 Å². The number of benzene rings is 2. The van der Waals surface area contributed by atoms with E-state index in [1.165, 1.54) is 12.1 Å². The molecule has 150 valence electrons. The lowest BCUT2D eigenvalue weighted by Crippen LogP contribution is -2.11. The fourth-order valence-corrected chi connectivity index (χ4v) is 3.75. The van der Waals surface area contributed by atoms with E-state index >= 15 is 0 Å². The van der Waals surface area contributed by atoms with Gasteiger partial charge in [0.05, 0.1) is 12.2 Å². The maximum Gasteiger partial charge on any atom is 0.416 e. The van der Waals surface area contributed by atoms with Crippen molar-refractivity contribution >= 4 is 23.0 Å². The molecule has 4 rings (SSSR count). The summed E-state index contributed by atoms with van der Waals surface area (Å²) in [5.41, 5.74) is 2.36. The average molecular weight is 401 g/mol. The number of anilines is 1. The van der Waals surface area contributed by atoms with Gasteiger partial charge >= 0.3 is 6.18 Å². The molecule has 1 aliphatic carbocycles. The van der Waals surface area contributed by atoms with Crippen molar-refractivity contribution in [2.45, 2.75) is 31.9 Å². The first-order chi connectivity index (χ1) is 13.8. The van der Waals surface area contributed by atoms with Gasteiger partial charge in [-0.2, -0.15) is 13.2 Å². The van der Waals surface area contributed by atoms with E-state index in [0.29, 0.717) is 48.1 Å². The molecule has 0 saturated heterocycles. The van der Waals surface area contributed by atoms with E-state index < -0.39 is 11.7 Å². The number of allylic oxidation sites excluding steroid dienone is 1. The molecule has 0 bridgehead atoms. The summed E-state index contributed by atoms with van der Waals surface area (Å²) in [6, 6.07) is 8.53. The van der Waals surface area contributed by atoms with E-state index in [9.17, 15) is 22.8 Å². The Hall–Kier alpha value is -3.09. The summed E-state index contributed by atoms with van der Waals surface area (Å²) in [6.07, 6.45) is -0.955. The van der Waals surface area contributed by atoms with Crippen molar-refractivity contribution in [1.82, 2.24) is 0 Å². The van der Waals surface area contributed by atoms with Gasteiger partial charge in [0, 0.05) is 29.3 Å². The summed E-state index contributed by atoms with van der Waals surface area (Å²) >= 11 is 0. The van der Waals surface area contributed by atoms with Gasteiger partial charge in [0.1, 0.15) is 5.75 Å². The Balaban J connectivity index is 1.62. The number of halogens is 3. The summed E-state index contributed by atoms with van der Waals surface area (Å²) in [6.45, 7) is 0.279. The fourth-order valence-electron chi connectivity index (χ4n) is 3.75. The van der Waals surface area contributed by atoms with Gasteiger partial charge in [0.25, 0.3) is 0 Å². The van der Waals surface area contributed by atoms with Crippen LogP contribution in [0.15, 0.2) is 42.5 Å². The third-order valence-electron chi connectivity index (χ3n) is 5.14. The lowest BCUT2D eigenvalue weighted by molar-refractivity contribution is -0.137. The van der Waals surface area contributed by atoms with Gasteiger partial charge < -0.3 is 10.1 Å². The molecule has 1 aliphatic heterocycles. The highest BCUT2D eigenvalue weighted by molar-refractivity contribution is 6.07. The third kappa shape index (κ3) is 3.90. The predicted octanol–water partition coefficient (Wildman–Crippen LogP) is 5.03. The predicted molar refractivity (Wildman–Crippen MR) is 102 cm³/mol. The fraction of sp³-hybridized carbons (Fsp3) is 0.273. The third-order valence-corrected chi connectivity index (χ3v) is 5.14. The molecule has 0 spiro atoms.